The van der Waals surface area contributed by atoms with Crippen LogP contribution in [-0.4, -0.2) is 81.6 Å². The summed E-state index contributed by atoms with van der Waals surface area (Å²) in [5, 5.41) is 23.6. The number of hydrogen-bond acceptors (Lipinski definition) is 5. The number of carbonyl (C=O) groups is 1. The number of aliphatic carboxylic acids is 1. The van der Waals surface area contributed by atoms with Gasteiger partial charge >= 0.3 is 45.9 Å². The Bertz CT molecular complexity index is 318. The van der Waals surface area contributed by atoms with E-state index in [1.165, 1.54) is 57.8 Å². The Morgan fingerprint density at radius 1 is 0.792 bits per heavy atom. The van der Waals surface area contributed by atoms with E-state index < -0.39 is 23.0 Å². The molecule has 0 fully saturated rings. The van der Waals surface area contributed by atoms with Crippen LogP contribution >= 0.6 is 0 Å². The van der Waals surface area contributed by atoms with Gasteiger partial charge in [0.05, 0.1) is 0 Å². The van der Waals surface area contributed by atoms with Crippen molar-refractivity contribution in [3.05, 3.63) is 0 Å². The van der Waals surface area contributed by atoms with Gasteiger partial charge in [0.15, 0.2) is 0 Å². The molecule has 0 aliphatic rings. The van der Waals surface area contributed by atoms with Crippen molar-refractivity contribution in [3.63, 3.8) is 0 Å². The fourth-order valence-electron chi connectivity index (χ4n) is 1.60. The summed E-state index contributed by atoms with van der Waals surface area (Å²) in [6, 6.07) is 0. The Kier molecular flexibility index (Phi) is 34.0. The van der Waals surface area contributed by atoms with Crippen molar-refractivity contribution in [2.45, 2.75) is 71.1 Å². The third-order valence-corrected chi connectivity index (χ3v) is 2.65. The summed E-state index contributed by atoms with van der Waals surface area (Å²) in [6.07, 6.45) is 13.3. The Labute approximate surface area is 167 Å². The zero-order chi connectivity index (χ0) is 18.6. The van der Waals surface area contributed by atoms with E-state index >= 15 is 0 Å². The second-order valence-electron chi connectivity index (χ2n) is 4.91. The van der Waals surface area contributed by atoms with Gasteiger partial charge in [0.25, 0.3) is 0 Å². The Hall–Kier alpha value is 0.260. The molecule has 0 aromatic heterocycles. The van der Waals surface area contributed by atoms with Gasteiger partial charge in [-0.3, -0.25) is 9.11 Å². The Balaban J connectivity index is -0.000000151. The topological polar surface area (TPSA) is 152 Å². The van der Waals surface area contributed by atoms with Gasteiger partial charge in [0.2, 0.25) is 0 Å². The zero-order valence-electron chi connectivity index (χ0n) is 13.9. The molecule has 0 heterocycles. The van der Waals surface area contributed by atoms with E-state index in [1.54, 1.807) is 0 Å². The Morgan fingerprint density at radius 3 is 1.25 bits per heavy atom. The normalized spacial score (nSPS) is 9.71. The molecule has 0 saturated heterocycles. The van der Waals surface area contributed by atoms with Gasteiger partial charge in [-0.15, -0.1) is 0 Å². The molecule has 0 spiro atoms. The van der Waals surface area contributed by atoms with Crippen LogP contribution in [0.3, 0.4) is 0 Å². The van der Waals surface area contributed by atoms with Crippen LogP contribution in [0.15, 0.2) is 0 Å². The molecule has 8 nitrogen and oxygen atoms in total. The maximum absolute atomic E-state index is 9.12. The third-order valence-electron chi connectivity index (χ3n) is 2.65. The van der Waals surface area contributed by atoms with E-state index in [9.17, 15) is 0 Å². The monoisotopic (exact) mass is 384 g/mol. The maximum atomic E-state index is 9.12. The van der Waals surface area contributed by atoms with Crippen molar-refractivity contribution in [3.8, 4) is 0 Å². The van der Waals surface area contributed by atoms with Gasteiger partial charge in [-0.1, -0.05) is 64.7 Å². The standard InChI is InChI=1S/C12H26O.C2H4O3.Na.H2O4S.H/c1-2-3-4-5-6-7-8-9-10-11-12-13;3-1-2(4)5;;1-5(2,3)4;/h13H,2-12H2,1H3;3H,1H2,(H,4,5);;(H2,1,2,3,4);. The molecular weight excluding hydrogens is 351 g/mol. The van der Waals surface area contributed by atoms with Gasteiger partial charge in [0.1, 0.15) is 6.61 Å². The summed E-state index contributed by atoms with van der Waals surface area (Å²) in [6.45, 7) is 1.85. The van der Waals surface area contributed by atoms with Crippen molar-refractivity contribution in [1.29, 1.82) is 0 Å². The molecule has 24 heavy (non-hydrogen) atoms. The molecule has 0 radical (unpaired) electrons. The summed E-state index contributed by atoms with van der Waals surface area (Å²) in [5.41, 5.74) is 0. The molecule has 0 bridgehead atoms. The van der Waals surface area contributed by atoms with Gasteiger partial charge in [-0.2, -0.15) is 8.42 Å². The van der Waals surface area contributed by atoms with Crippen molar-refractivity contribution in [1.82, 2.24) is 0 Å². The third kappa shape index (κ3) is 66.9. The predicted octanol–water partition coefficient (Wildman–Crippen LogP) is 1.66. The summed E-state index contributed by atoms with van der Waals surface area (Å²) in [4.78, 5) is 9.12. The van der Waals surface area contributed by atoms with Crippen molar-refractivity contribution in [2.75, 3.05) is 13.2 Å². The molecule has 0 unspecified atom stereocenters. The quantitative estimate of drug-likeness (QED) is 0.205. The van der Waals surface area contributed by atoms with Gasteiger partial charge in [-0.05, 0) is 6.42 Å². The fraction of sp³-hybridized carbons (Fsp3) is 0.929. The molecule has 10 heteroatoms. The molecule has 0 amide bonds. The average Bonchev–Trinajstić information content (AvgIpc) is 2.44. The minimum absolute atomic E-state index is 0. The summed E-state index contributed by atoms with van der Waals surface area (Å²) >= 11 is 0. The molecule has 0 atom stereocenters. The van der Waals surface area contributed by atoms with Crippen LogP contribution in [0.25, 0.3) is 0 Å². The van der Waals surface area contributed by atoms with Crippen LogP contribution in [0.2, 0.25) is 0 Å². The number of hydrogen-bond donors (Lipinski definition) is 5. The minimum atomic E-state index is -4.67. The summed E-state index contributed by atoms with van der Waals surface area (Å²) < 4.78 is 31.6. The fourth-order valence-corrected chi connectivity index (χ4v) is 1.60. The van der Waals surface area contributed by atoms with E-state index in [4.69, 9.17) is 37.6 Å². The first-order valence-electron chi connectivity index (χ1n) is 7.82. The number of unbranched alkanes of at least 4 members (excludes halogenated alkanes) is 9. The second-order valence-corrected chi connectivity index (χ2v) is 5.80. The molecule has 0 aliphatic carbocycles. The number of aliphatic hydroxyl groups is 2. The van der Waals surface area contributed by atoms with Crippen LogP contribution < -0.4 is 0 Å². The van der Waals surface area contributed by atoms with E-state index in [-0.39, 0.29) is 29.6 Å². The number of aliphatic hydroxyl groups excluding tert-OH is 2. The molecule has 144 valence electrons. The Morgan fingerprint density at radius 2 is 1.04 bits per heavy atom. The SMILES string of the molecule is CCCCCCCCCCCCO.O=C(O)CO.O=S(=O)(O)O.[NaH]. The molecule has 5 N–H and O–H groups in total. The van der Waals surface area contributed by atoms with Crippen LogP contribution in [-0.2, 0) is 15.2 Å². The van der Waals surface area contributed by atoms with Gasteiger partial charge in [0, 0.05) is 6.61 Å². The molecule has 0 aromatic rings. The number of carboxylic acids is 1. The first-order chi connectivity index (χ1) is 10.7. The van der Waals surface area contributed by atoms with Gasteiger partial charge in [-0.25, -0.2) is 4.79 Å². The van der Waals surface area contributed by atoms with Crippen molar-refractivity contribution in [2.24, 2.45) is 0 Å². The van der Waals surface area contributed by atoms with Crippen molar-refractivity contribution < 1.29 is 37.6 Å². The summed E-state index contributed by atoms with van der Waals surface area (Å²) in [5.74, 6) is -1.19. The predicted molar refractivity (Wildman–Crippen MR) is 95.0 cm³/mol. The molecule has 0 aromatic carbocycles. The van der Waals surface area contributed by atoms with Crippen LogP contribution in [0.1, 0.15) is 71.1 Å². The van der Waals surface area contributed by atoms with E-state index in [2.05, 4.69) is 6.92 Å². The van der Waals surface area contributed by atoms with Crippen LogP contribution in [0, 0.1) is 0 Å². The van der Waals surface area contributed by atoms with Gasteiger partial charge < -0.3 is 15.3 Å². The molecule has 0 saturated carbocycles. The number of rotatable bonds is 11. The van der Waals surface area contributed by atoms with Crippen LogP contribution in [0.4, 0.5) is 0 Å². The number of carboxylic acid groups (broad SMARTS) is 1. The van der Waals surface area contributed by atoms with E-state index in [0.29, 0.717) is 6.61 Å². The van der Waals surface area contributed by atoms with Crippen molar-refractivity contribution >= 4 is 45.9 Å². The van der Waals surface area contributed by atoms with E-state index in [0.717, 1.165) is 6.42 Å². The molecular formula is C14H33NaO8S. The first kappa shape index (κ1) is 32.0. The summed E-state index contributed by atoms with van der Waals surface area (Å²) in [7, 11) is -4.67. The zero-order valence-corrected chi connectivity index (χ0v) is 14.7. The molecule has 0 rings (SSSR count). The second kappa shape index (κ2) is 25.5. The first-order valence-corrected chi connectivity index (χ1v) is 9.22. The van der Waals surface area contributed by atoms with E-state index in [1.807, 2.05) is 0 Å². The average molecular weight is 384 g/mol. The molecule has 0 aliphatic heterocycles. The van der Waals surface area contributed by atoms with Crippen LogP contribution in [0.5, 0.6) is 0 Å².